The summed E-state index contributed by atoms with van der Waals surface area (Å²) in [6.45, 7) is 9.24. The fraction of sp³-hybridized carbons (Fsp3) is 0.458. The lowest BCUT2D eigenvalue weighted by Gasteiger charge is -2.58. The van der Waals surface area contributed by atoms with Gasteiger partial charge in [0.05, 0.1) is 17.2 Å². The van der Waals surface area contributed by atoms with Crippen molar-refractivity contribution in [1.29, 1.82) is 0 Å². The summed E-state index contributed by atoms with van der Waals surface area (Å²) < 4.78 is 7.54. The summed E-state index contributed by atoms with van der Waals surface area (Å²) in [5.41, 5.74) is 8.49. The van der Waals surface area contributed by atoms with E-state index in [1.54, 1.807) is 13.1 Å². The first kappa shape index (κ1) is 24.8. The number of aldehydes is 1. The number of allylic oxidation sites excluding steroid dienone is 1. The lowest BCUT2D eigenvalue weighted by Crippen LogP contribution is -2.60. The highest BCUT2D eigenvalue weighted by molar-refractivity contribution is 6.32. The number of carbonyl (C=O) groups is 2. The zero-order chi connectivity index (χ0) is 24.3. The van der Waals surface area contributed by atoms with Crippen LogP contribution in [0.25, 0.3) is 11.3 Å². The van der Waals surface area contributed by atoms with Crippen molar-refractivity contribution >= 4 is 29.6 Å². The first-order valence-electron chi connectivity index (χ1n) is 11.0. The number of anilines is 1. The minimum Gasteiger partial charge on any atom is -0.489 e. The number of hydrogen-bond donors (Lipinski definition) is 2. The molecule has 9 heteroatoms. The van der Waals surface area contributed by atoms with Gasteiger partial charge in [-0.05, 0) is 63.4 Å². The van der Waals surface area contributed by atoms with Crippen LogP contribution in [0.2, 0.25) is 5.02 Å². The summed E-state index contributed by atoms with van der Waals surface area (Å²) in [7, 11) is 3.73. The maximum Gasteiger partial charge on any atom is 0.257 e. The molecule has 2 fully saturated rings. The van der Waals surface area contributed by atoms with Gasteiger partial charge < -0.3 is 20.7 Å². The van der Waals surface area contributed by atoms with Crippen molar-refractivity contribution in [3.05, 3.63) is 41.4 Å². The van der Waals surface area contributed by atoms with Crippen molar-refractivity contribution in [1.82, 2.24) is 20.0 Å². The number of benzene rings is 1. The molecule has 1 aliphatic carbocycles. The molecule has 2 aliphatic rings. The second-order valence-corrected chi connectivity index (χ2v) is 9.46. The number of carbonyl (C=O) groups excluding carboxylic acids is 2. The van der Waals surface area contributed by atoms with Crippen LogP contribution in [-0.4, -0.2) is 60.2 Å². The molecule has 33 heavy (non-hydrogen) atoms. The molecule has 1 saturated heterocycles. The Morgan fingerprint density at radius 3 is 2.52 bits per heavy atom. The Morgan fingerprint density at radius 2 is 2.03 bits per heavy atom. The highest BCUT2D eigenvalue weighted by Crippen LogP contribution is 2.54. The standard InChI is InChI=1S/C21H28ClN5O2.C3H4O/c1-12(2)29-16-6-5-13(7-15(16)22)18-17(20(28)24-3)19(23)27(25-18)14-8-21(9-14)10-26(4)11-21;1-2-3-4/h5-7,12,14H,8-11,23H2,1-4H3,(H,24,28);2-3H,1H2. The summed E-state index contributed by atoms with van der Waals surface area (Å²) in [6.07, 6.45) is 3.93. The molecule has 8 nitrogen and oxygen atoms in total. The van der Waals surface area contributed by atoms with Crippen LogP contribution in [0.4, 0.5) is 5.82 Å². The second kappa shape index (κ2) is 9.97. The monoisotopic (exact) mass is 473 g/mol. The normalized spacial score (nSPS) is 16.9. The van der Waals surface area contributed by atoms with Crippen LogP contribution in [-0.2, 0) is 4.79 Å². The Bertz CT molecular complexity index is 1030. The maximum absolute atomic E-state index is 12.6. The average Bonchev–Trinajstić information content (AvgIpc) is 3.07. The molecule has 0 bridgehead atoms. The Kier molecular flexibility index (Phi) is 7.49. The first-order chi connectivity index (χ1) is 15.6. The number of nitrogens with zero attached hydrogens (tertiary/aromatic N) is 3. The molecule has 0 atom stereocenters. The van der Waals surface area contributed by atoms with Crippen molar-refractivity contribution < 1.29 is 14.3 Å². The molecular weight excluding hydrogens is 442 g/mol. The molecule has 1 saturated carbocycles. The van der Waals surface area contributed by atoms with Gasteiger partial charge in [-0.3, -0.25) is 9.59 Å². The van der Waals surface area contributed by atoms with Crippen LogP contribution in [0.15, 0.2) is 30.9 Å². The van der Waals surface area contributed by atoms with E-state index in [2.05, 4.69) is 23.8 Å². The first-order valence-corrected chi connectivity index (χ1v) is 11.3. The molecule has 4 rings (SSSR count). The molecular formula is C24H32ClN5O3. The third kappa shape index (κ3) is 5.07. The van der Waals surface area contributed by atoms with Crippen molar-refractivity contribution in [3.63, 3.8) is 0 Å². The topological polar surface area (TPSA) is 102 Å². The molecule has 1 amide bonds. The smallest absolute Gasteiger partial charge is 0.257 e. The van der Waals surface area contributed by atoms with Crippen LogP contribution < -0.4 is 15.8 Å². The van der Waals surface area contributed by atoms with Crippen molar-refractivity contribution in [2.24, 2.45) is 5.41 Å². The summed E-state index contributed by atoms with van der Waals surface area (Å²) in [4.78, 5) is 24.0. The Labute approximate surface area is 199 Å². The van der Waals surface area contributed by atoms with Gasteiger partial charge in [0.1, 0.15) is 29.1 Å². The van der Waals surface area contributed by atoms with E-state index in [0.717, 1.165) is 31.5 Å². The maximum atomic E-state index is 12.6. The number of nitrogen functional groups attached to an aromatic ring is 1. The average molecular weight is 474 g/mol. The molecule has 0 unspecified atom stereocenters. The van der Waals surface area contributed by atoms with Crippen molar-refractivity contribution in [3.8, 4) is 17.0 Å². The predicted molar refractivity (Wildman–Crippen MR) is 131 cm³/mol. The van der Waals surface area contributed by atoms with Gasteiger partial charge in [0, 0.05) is 25.7 Å². The highest BCUT2D eigenvalue weighted by Gasteiger charge is 2.52. The number of amides is 1. The number of aromatic nitrogens is 2. The Hall–Kier alpha value is -2.84. The predicted octanol–water partition coefficient (Wildman–Crippen LogP) is 3.57. The van der Waals surface area contributed by atoms with Gasteiger partial charge in [0.2, 0.25) is 0 Å². The zero-order valence-corrected chi connectivity index (χ0v) is 20.4. The van der Waals surface area contributed by atoms with Crippen molar-refractivity contribution in [2.75, 3.05) is 32.9 Å². The number of ether oxygens (including phenoxy) is 1. The van der Waals surface area contributed by atoms with Gasteiger partial charge in [-0.1, -0.05) is 18.2 Å². The molecule has 1 spiro atoms. The summed E-state index contributed by atoms with van der Waals surface area (Å²) in [5.74, 6) is 0.764. The molecule has 0 radical (unpaired) electrons. The van der Waals surface area contributed by atoms with Gasteiger partial charge >= 0.3 is 0 Å². The number of nitrogens with two attached hydrogens (primary N) is 1. The molecule has 2 heterocycles. The number of halogens is 1. The van der Waals surface area contributed by atoms with Gasteiger partial charge in [-0.15, -0.1) is 0 Å². The van der Waals surface area contributed by atoms with E-state index in [9.17, 15) is 4.79 Å². The quantitative estimate of drug-likeness (QED) is 0.491. The van der Waals surface area contributed by atoms with E-state index in [1.807, 2.05) is 30.7 Å². The van der Waals surface area contributed by atoms with Crippen LogP contribution in [0.3, 0.4) is 0 Å². The summed E-state index contributed by atoms with van der Waals surface area (Å²) in [5, 5.41) is 7.92. The lowest BCUT2D eigenvalue weighted by molar-refractivity contribution is -0.104. The minimum absolute atomic E-state index is 0.0196. The SMILES string of the molecule is C=CC=O.CNC(=O)c1c(-c2ccc(OC(C)C)c(Cl)c2)nn(C2CC3(C2)CN(C)C3)c1N. The molecule has 2 aromatic rings. The minimum atomic E-state index is -0.250. The van der Waals surface area contributed by atoms with Crippen LogP contribution in [0.5, 0.6) is 5.75 Å². The number of likely N-dealkylation sites (tertiary alicyclic amines) is 1. The highest BCUT2D eigenvalue weighted by atomic mass is 35.5. The van der Waals surface area contributed by atoms with Gasteiger partial charge in [-0.25, -0.2) is 4.68 Å². The zero-order valence-electron chi connectivity index (χ0n) is 19.6. The lowest BCUT2D eigenvalue weighted by atomic mass is 9.61. The fourth-order valence-corrected chi connectivity index (χ4v) is 4.97. The van der Waals surface area contributed by atoms with E-state index in [1.165, 1.54) is 6.08 Å². The van der Waals surface area contributed by atoms with E-state index in [-0.39, 0.29) is 18.1 Å². The number of nitrogens with one attached hydrogen (secondary N) is 1. The number of hydrogen-bond acceptors (Lipinski definition) is 6. The molecule has 178 valence electrons. The van der Waals surface area contributed by atoms with Crippen LogP contribution in [0, 0.1) is 5.41 Å². The van der Waals surface area contributed by atoms with Crippen molar-refractivity contribution in [2.45, 2.75) is 38.8 Å². The third-order valence-electron chi connectivity index (χ3n) is 5.96. The van der Waals surface area contributed by atoms with Gasteiger partial charge in [0.25, 0.3) is 5.91 Å². The van der Waals surface area contributed by atoms with E-state index in [0.29, 0.717) is 39.5 Å². The number of rotatable bonds is 6. The largest absolute Gasteiger partial charge is 0.489 e. The summed E-state index contributed by atoms with van der Waals surface area (Å²) >= 11 is 6.42. The van der Waals surface area contributed by atoms with Crippen LogP contribution >= 0.6 is 11.6 Å². The Balaban J connectivity index is 0.000000709. The third-order valence-corrected chi connectivity index (χ3v) is 6.26. The molecule has 1 aromatic carbocycles. The van der Waals surface area contributed by atoms with Gasteiger partial charge in [-0.2, -0.15) is 5.10 Å². The molecule has 1 aliphatic heterocycles. The van der Waals surface area contributed by atoms with E-state index >= 15 is 0 Å². The fourth-order valence-electron chi connectivity index (χ4n) is 4.74. The van der Waals surface area contributed by atoms with Crippen LogP contribution in [0.1, 0.15) is 43.1 Å². The summed E-state index contributed by atoms with van der Waals surface area (Å²) in [6, 6.07) is 5.68. The van der Waals surface area contributed by atoms with Gasteiger partial charge in [0.15, 0.2) is 0 Å². The van der Waals surface area contributed by atoms with E-state index < -0.39 is 0 Å². The van der Waals surface area contributed by atoms with E-state index in [4.69, 9.17) is 32.0 Å². The second-order valence-electron chi connectivity index (χ2n) is 9.05. The molecule has 1 aromatic heterocycles. The Morgan fingerprint density at radius 1 is 1.39 bits per heavy atom. The molecule has 3 N–H and O–H groups in total.